The molecular weight excluding hydrogens is 312 g/mol. The highest BCUT2D eigenvalue weighted by Gasteiger charge is 2.23. The fraction of sp³-hybridized carbons (Fsp3) is 0.294. The number of methoxy groups -OCH3 is 1. The van der Waals surface area contributed by atoms with Crippen LogP contribution in [0.15, 0.2) is 36.5 Å². The lowest BCUT2D eigenvalue weighted by Gasteiger charge is -2.08. The van der Waals surface area contributed by atoms with Crippen LogP contribution in [0.25, 0.3) is 0 Å². The van der Waals surface area contributed by atoms with Gasteiger partial charge in [0.2, 0.25) is 0 Å². The molecule has 0 saturated heterocycles. The molecule has 0 atom stereocenters. The van der Waals surface area contributed by atoms with Gasteiger partial charge in [-0.25, -0.2) is 9.59 Å². The van der Waals surface area contributed by atoms with Crippen LogP contribution in [-0.4, -0.2) is 30.3 Å². The summed E-state index contributed by atoms with van der Waals surface area (Å²) in [6.45, 7) is 2.11. The zero-order valence-corrected chi connectivity index (χ0v) is 13.9. The average molecular weight is 332 g/mol. The predicted octanol–water partition coefficient (Wildman–Crippen LogP) is 2.96. The average Bonchev–Trinajstić information content (AvgIpc) is 2.89. The summed E-state index contributed by atoms with van der Waals surface area (Å²) in [5.74, 6) is -0.296. The van der Waals surface area contributed by atoms with Crippen molar-refractivity contribution in [2.24, 2.45) is 7.05 Å². The topological polar surface area (TPSA) is 78.8 Å². The van der Waals surface area contributed by atoms with Crippen LogP contribution in [0.3, 0.4) is 0 Å². The molecule has 0 spiro atoms. The zero-order chi connectivity index (χ0) is 17.5. The Balaban J connectivity index is 2.07. The first-order valence-electron chi connectivity index (χ1n) is 7.45. The van der Waals surface area contributed by atoms with Gasteiger partial charge in [-0.3, -0.25) is 5.32 Å². The van der Waals surface area contributed by atoms with Gasteiger partial charge in [-0.15, -0.1) is 0 Å². The van der Waals surface area contributed by atoms with Crippen LogP contribution < -0.4 is 10.1 Å². The second kappa shape index (κ2) is 8.05. The summed E-state index contributed by atoms with van der Waals surface area (Å²) in [6.07, 6.45) is 0.924. The van der Waals surface area contributed by atoms with E-state index in [4.69, 9.17) is 14.2 Å². The number of nitrogens with zero attached hydrogens (tertiary/aromatic N) is 1. The van der Waals surface area contributed by atoms with Gasteiger partial charge in [0.25, 0.3) is 0 Å². The number of anilines is 1. The number of nitrogens with one attached hydrogen (secondary N) is 1. The van der Waals surface area contributed by atoms with Gasteiger partial charge in [0, 0.05) is 13.2 Å². The van der Waals surface area contributed by atoms with E-state index in [-0.39, 0.29) is 24.7 Å². The lowest BCUT2D eigenvalue weighted by atomic mass is 10.2. The Kier molecular flexibility index (Phi) is 5.83. The standard InChI is InChI=1S/C17H20N2O5/c1-4-23-16(20)14-15(22-3)13(10-19(14)2)18-17(21)24-11-12-8-6-5-7-9-12/h5-10H,4,11H2,1-3H3,(H,18,21). The van der Waals surface area contributed by atoms with Gasteiger partial charge in [0.15, 0.2) is 11.4 Å². The number of amides is 1. The molecule has 7 nitrogen and oxygen atoms in total. The molecule has 24 heavy (non-hydrogen) atoms. The summed E-state index contributed by atoms with van der Waals surface area (Å²) in [5, 5.41) is 2.58. The highest BCUT2D eigenvalue weighted by molar-refractivity contribution is 5.96. The van der Waals surface area contributed by atoms with Crippen LogP contribution in [0.5, 0.6) is 5.75 Å². The molecule has 2 rings (SSSR count). The number of aryl methyl sites for hydroxylation is 1. The second-order valence-electron chi connectivity index (χ2n) is 4.94. The Morgan fingerprint density at radius 2 is 1.88 bits per heavy atom. The molecule has 0 aliphatic rings. The molecule has 128 valence electrons. The Morgan fingerprint density at radius 3 is 2.50 bits per heavy atom. The maximum absolute atomic E-state index is 12.0. The summed E-state index contributed by atoms with van der Waals surface area (Å²) >= 11 is 0. The number of ether oxygens (including phenoxy) is 3. The van der Waals surface area contributed by atoms with Crippen LogP contribution in [-0.2, 0) is 23.1 Å². The third-order valence-corrected chi connectivity index (χ3v) is 3.26. The molecule has 0 fully saturated rings. The lowest BCUT2D eigenvalue weighted by Crippen LogP contribution is -2.14. The van der Waals surface area contributed by atoms with Crippen molar-refractivity contribution < 1.29 is 23.8 Å². The first-order chi connectivity index (χ1) is 11.6. The van der Waals surface area contributed by atoms with Gasteiger partial charge in [-0.2, -0.15) is 0 Å². The number of aromatic nitrogens is 1. The Morgan fingerprint density at radius 1 is 1.17 bits per heavy atom. The van der Waals surface area contributed by atoms with Crippen molar-refractivity contribution in [1.82, 2.24) is 4.57 Å². The van der Waals surface area contributed by atoms with Crippen LogP contribution in [0.1, 0.15) is 23.0 Å². The van der Waals surface area contributed by atoms with E-state index in [0.717, 1.165) is 5.56 Å². The molecule has 1 aromatic heterocycles. The monoisotopic (exact) mass is 332 g/mol. The van der Waals surface area contributed by atoms with E-state index in [9.17, 15) is 9.59 Å². The quantitative estimate of drug-likeness (QED) is 0.823. The minimum atomic E-state index is -0.641. The van der Waals surface area contributed by atoms with E-state index in [1.165, 1.54) is 11.7 Å². The zero-order valence-electron chi connectivity index (χ0n) is 13.9. The Labute approximate surface area is 140 Å². The maximum atomic E-state index is 12.0. The van der Waals surface area contributed by atoms with Crippen molar-refractivity contribution in [1.29, 1.82) is 0 Å². The van der Waals surface area contributed by atoms with Gasteiger partial charge in [0.1, 0.15) is 12.3 Å². The van der Waals surface area contributed by atoms with Crippen LogP contribution in [0.4, 0.5) is 10.5 Å². The molecule has 0 radical (unpaired) electrons. The highest BCUT2D eigenvalue weighted by atomic mass is 16.5. The third-order valence-electron chi connectivity index (χ3n) is 3.26. The lowest BCUT2D eigenvalue weighted by molar-refractivity contribution is 0.0511. The number of benzene rings is 1. The summed E-state index contributed by atoms with van der Waals surface area (Å²) in [5.41, 5.74) is 1.43. The molecule has 2 aromatic rings. The summed E-state index contributed by atoms with van der Waals surface area (Å²) in [7, 11) is 3.08. The minimum Gasteiger partial charge on any atom is -0.492 e. The molecule has 0 bridgehead atoms. The first-order valence-corrected chi connectivity index (χ1v) is 7.45. The number of carbonyl (C=O) groups excluding carboxylic acids is 2. The van der Waals surface area contributed by atoms with Gasteiger partial charge in [-0.1, -0.05) is 30.3 Å². The molecule has 7 heteroatoms. The number of hydrogen-bond acceptors (Lipinski definition) is 5. The van der Waals surface area contributed by atoms with Crippen LogP contribution in [0, 0.1) is 0 Å². The predicted molar refractivity (Wildman–Crippen MR) is 88.2 cm³/mol. The van der Waals surface area contributed by atoms with E-state index < -0.39 is 12.1 Å². The third kappa shape index (κ3) is 4.07. The molecule has 1 amide bonds. The van der Waals surface area contributed by atoms with E-state index in [1.807, 2.05) is 30.3 Å². The number of rotatable bonds is 6. The van der Waals surface area contributed by atoms with Gasteiger partial charge in [-0.05, 0) is 12.5 Å². The summed E-state index contributed by atoms with van der Waals surface area (Å²) in [6, 6.07) is 9.32. The van der Waals surface area contributed by atoms with Gasteiger partial charge in [0.05, 0.1) is 13.7 Å². The minimum absolute atomic E-state index is 0.145. The molecule has 0 aliphatic carbocycles. The van der Waals surface area contributed by atoms with Crippen molar-refractivity contribution in [3.05, 3.63) is 47.8 Å². The molecule has 1 N–H and O–H groups in total. The number of hydrogen-bond donors (Lipinski definition) is 1. The second-order valence-corrected chi connectivity index (χ2v) is 4.94. The number of carbonyl (C=O) groups is 2. The first kappa shape index (κ1) is 17.4. The van der Waals surface area contributed by atoms with Crippen molar-refractivity contribution in [2.75, 3.05) is 19.0 Å². The smallest absolute Gasteiger partial charge is 0.412 e. The van der Waals surface area contributed by atoms with Crippen molar-refractivity contribution in [3.63, 3.8) is 0 Å². The van der Waals surface area contributed by atoms with Crippen LogP contribution in [0.2, 0.25) is 0 Å². The van der Waals surface area contributed by atoms with Gasteiger partial charge >= 0.3 is 12.1 Å². The maximum Gasteiger partial charge on any atom is 0.412 e. The molecule has 0 aliphatic heterocycles. The molecule has 0 unspecified atom stereocenters. The van der Waals surface area contributed by atoms with E-state index in [2.05, 4.69) is 5.32 Å². The highest BCUT2D eigenvalue weighted by Crippen LogP contribution is 2.31. The summed E-state index contributed by atoms with van der Waals surface area (Å²) in [4.78, 5) is 23.9. The van der Waals surface area contributed by atoms with Crippen molar-refractivity contribution >= 4 is 17.7 Å². The number of esters is 1. The van der Waals surface area contributed by atoms with Crippen molar-refractivity contribution in [2.45, 2.75) is 13.5 Å². The van der Waals surface area contributed by atoms with E-state index in [1.54, 1.807) is 20.2 Å². The van der Waals surface area contributed by atoms with E-state index in [0.29, 0.717) is 5.69 Å². The van der Waals surface area contributed by atoms with Crippen molar-refractivity contribution in [3.8, 4) is 5.75 Å². The molecular formula is C17H20N2O5. The SMILES string of the molecule is CCOC(=O)c1c(OC)c(NC(=O)OCc2ccccc2)cn1C. The Bertz CT molecular complexity index is 709. The fourth-order valence-electron chi connectivity index (χ4n) is 2.21. The largest absolute Gasteiger partial charge is 0.492 e. The molecule has 1 aromatic carbocycles. The van der Waals surface area contributed by atoms with E-state index >= 15 is 0 Å². The normalized spacial score (nSPS) is 10.1. The Hall–Kier alpha value is -2.96. The molecule has 1 heterocycles. The van der Waals surface area contributed by atoms with Gasteiger partial charge < -0.3 is 18.8 Å². The van der Waals surface area contributed by atoms with Crippen LogP contribution >= 0.6 is 0 Å². The summed E-state index contributed by atoms with van der Waals surface area (Å²) < 4.78 is 16.9. The fourth-order valence-corrected chi connectivity index (χ4v) is 2.21. The molecule has 0 saturated carbocycles.